The van der Waals surface area contributed by atoms with Crippen LogP contribution in [0.1, 0.15) is 64.5 Å². The number of carbonyl (C=O) groups excluding carboxylic acids is 1. The van der Waals surface area contributed by atoms with E-state index < -0.39 is 33.0 Å². The number of amides is 1. The van der Waals surface area contributed by atoms with Gasteiger partial charge in [0.25, 0.3) is 16.6 Å². The quantitative estimate of drug-likeness (QED) is 0.171. The summed E-state index contributed by atoms with van der Waals surface area (Å²) in [5, 5.41) is 22.5. The lowest BCUT2D eigenvalue weighted by molar-refractivity contribution is -0.393. The van der Waals surface area contributed by atoms with Crippen LogP contribution in [-0.2, 0) is 11.9 Å². The number of nitro benzene ring substituents is 2. The summed E-state index contributed by atoms with van der Waals surface area (Å²) < 4.78 is 38.5. The zero-order valence-corrected chi connectivity index (χ0v) is 24.1. The van der Waals surface area contributed by atoms with E-state index in [1.807, 2.05) is 30.0 Å². The van der Waals surface area contributed by atoms with E-state index in [0.717, 1.165) is 38.1 Å². The van der Waals surface area contributed by atoms with Gasteiger partial charge in [0.1, 0.15) is 0 Å². The number of nitrogens with zero attached hydrogens (tertiary/aromatic N) is 4. The van der Waals surface area contributed by atoms with Gasteiger partial charge >= 0.3 is 6.18 Å². The first-order valence-corrected chi connectivity index (χ1v) is 14.1. The number of anilines is 1. The van der Waals surface area contributed by atoms with Gasteiger partial charge in [-0.15, -0.1) is 0 Å². The summed E-state index contributed by atoms with van der Waals surface area (Å²) in [4.78, 5) is 35.6. The molecule has 0 saturated carbocycles. The molecule has 2 rings (SSSR count). The molecule has 0 fully saturated rings. The Labute approximate surface area is 237 Å². The minimum atomic E-state index is -4.91. The molecule has 0 radical (unpaired) electrons. The molecule has 0 aliphatic rings. The normalized spacial score (nSPS) is 10.9. The Kier molecular flexibility index (Phi) is 15.1. The number of alkyl halides is 3. The fraction of sp³-hybridized carbons (Fsp3) is 0.519. The zero-order valence-electron chi connectivity index (χ0n) is 23.3. The maximum Gasteiger partial charge on any atom is 0.416 e. The molecule has 0 N–H and O–H groups in total. The van der Waals surface area contributed by atoms with Crippen LogP contribution in [0.3, 0.4) is 0 Å². The lowest BCUT2D eigenvalue weighted by Crippen LogP contribution is -2.29. The third kappa shape index (κ3) is 11.0. The van der Waals surface area contributed by atoms with Crippen LogP contribution in [-0.4, -0.2) is 46.2 Å². The maximum absolute atomic E-state index is 12.8. The fourth-order valence-electron chi connectivity index (χ4n) is 3.79. The van der Waals surface area contributed by atoms with Crippen molar-refractivity contribution in [2.24, 2.45) is 0 Å². The second kappa shape index (κ2) is 17.4. The Morgan fingerprint density at radius 3 is 1.80 bits per heavy atom. The molecule has 0 heterocycles. The van der Waals surface area contributed by atoms with Gasteiger partial charge < -0.3 is 9.80 Å². The van der Waals surface area contributed by atoms with Crippen LogP contribution in [0.4, 0.5) is 35.0 Å². The van der Waals surface area contributed by atoms with E-state index in [9.17, 15) is 38.2 Å². The van der Waals surface area contributed by atoms with Crippen molar-refractivity contribution in [3.8, 4) is 0 Å². The van der Waals surface area contributed by atoms with Crippen LogP contribution < -0.4 is 4.90 Å². The number of carbonyl (C=O) groups is 1. The Morgan fingerprint density at radius 1 is 0.875 bits per heavy atom. The number of nitro groups is 2. The molecule has 0 aliphatic carbocycles. The predicted octanol–water partition coefficient (Wildman–Crippen LogP) is 8.31. The Bertz CT molecular complexity index is 1060. The first kappa shape index (κ1) is 34.7. The number of rotatable bonds is 13. The highest BCUT2D eigenvalue weighted by Gasteiger charge is 2.38. The van der Waals surface area contributed by atoms with Crippen molar-refractivity contribution >= 4 is 34.1 Å². The zero-order chi connectivity index (χ0) is 30.3. The van der Waals surface area contributed by atoms with Gasteiger partial charge in [0.15, 0.2) is 5.69 Å². The van der Waals surface area contributed by atoms with Crippen LogP contribution in [0.2, 0.25) is 0 Å². The second-order valence-electron chi connectivity index (χ2n) is 8.84. The van der Waals surface area contributed by atoms with Crippen LogP contribution in [0.5, 0.6) is 0 Å². The van der Waals surface area contributed by atoms with Crippen molar-refractivity contribution in [1.82, 2.24) is 4.90 Å². The summed E-state index contributed by atoms with van der Waals surface area (Å²) in [6.07, 6.45) is -1.52. The van der Waals surface area contributed by atoms with Gasteiger partial charge in [0.2, 0.25) is 0 Å². The summed E-state index contributed by atoms with van der Waals surface area (Å²) in [6, 6.07) is 10.8. The molecule has 0 unspecified atom stereocenters. The van der Waals surface area contributed by atoms with Crippen LogP contribution >= 0.6 is 11.8 Å². The highest BCUT2D eigenvalue weighted by atomic mass is 32.2. The van der Waals surface area contributed by atoms with E-state index in [2.05, 4.69) is 26.0 Å². The van der Waals surface area contributed by atoms with Gasteiger partial charge in [0, 0.05) is 44.1 Å². The summed E-state index contributed by atoms with van der Waals surface area (Å²) in [6.45, 7) is 9.93. The van der Waals surface area contributed by atoms with Crippen molar-refractivity contribution in [1.29, 1.82) is 0 Å². The molecule has 40 heavy (non-hydrogen) atoms. The Morgan fingerprint density at radius 2 is 1.40 bits per heavy atom. The van der Waals surface area contributed by atoms with E-state index in [4.69, 9.17) is 0 Å². The number of hydrogen-bond acceptors (Lipinski definition) is 7. The highest BCUT2D eigenvalue weighted by Crippen LogP contribution is 2.43. The minimum Gasteiger partial charge on any atom is -0.361 e. The Hall–Kier alpha value is -3.35. The molecule has 222 valence electrons. The molecular weight excluding hydrogens is 549 g/mol. The Balaban J connectivity index is 0.000000418. The number of unbranched alkanes of at least 4 members (excludes halogenated alkanes) is 1. The molecule has 13 heteroatoms. The number of thioether (sulfide) groups is 1. The highest BCUT2D eigenvalue weighted by molar-refractivity contribution is 8.12. The van der Waals surface area contributed by atoms with Crippen molar-refractivity contribution in [3.63, 3.8) is 0 Å². The van der Waals surface area contributed by atoms with E-state index in [1.165, 1.54) is 22.2 Å². The molecular formula is C27H37F3N4O5S. The van der Waals surface area contributed by atoms with Crippen molar-refractivity contribution in [2.75, 3.05) is 31.1 Å². The van der Waals surface area contributed by atoms with Crippen molar-refractivity contribution in [3.05, 3.63) is 73.8 Å². The third-order valence-corrected chi connectivity index (χ3v) is 6.70. The molecule has 0 aromatic heterocycles. The first-order chi connectivity index (χ1) is 18.9. The van der Waals surface area contributed by atoms with E-state index in [0.29, 0.717) is 18.6 Å². The molecule has 0 bridgehead atoms. The predicted molar refractivity (Wildman–Crippen MR) is 153 cm³/mol. The summed E-state index contributed by atoms with van der Waals surface area (Å²) >= 11 is 1.40. The molecule has 2 aromatic rings. The average molecular weight is 587 g/mol. The van der Waals surface area contributed by atoms with E-state index in [1.54, 1.807) is 6.92 Å². The molecule has 0 spiro atoms. The largest absolute Gasteiger partial charge is 0.416 e. The van der Waals surface area contributed by atoms with Crippen LogP contribution in [0, 0.1) is 20.2 Å². The topological polar surface area (TPSA) is 110 Å². The smallest absolute Gasteiger partial charge is 0.361 e. The number of hydrogen-bond donors (Lipinski definition) is 0. The number of halogens is 3. The monoisotopic (exact) mass is 586 g/mol. The standard InChI is InChI=1S/C14H21NOS.C13H16F3N3O4/c1-3-10-15(11-4-2)14(16)17-12-13-8-6-5-7-9-13;1-3-5-6-17(4-2)12-10(18(20)21)7-9(13(14,15)16)8-11(12)19(22)23/h5-9H,3-4,10-12H2,1-2H3;7-8H,3-6H2,1-2H3. The van der Waals surface area contributed by atoms with Gasteiger partial charge in [-0.05, 0) is 31.7 Å². The molecule has 2 aromatic carbocycles. The van der Waals surface area contributed by atoms with E-state index >= 15 is 0 Å². The maximum atomic E-state index is 12.8. The first-order valence-electron chi connectivity index (χ1n) is 13.2. The summed E-state index contributed by atoms with van der Waals surface area (Å²) in [5.74, 6) is 0.767. The van der Waals surface area contributed by atoms with Gasteiger partial charge in [-0.1, -0.05) is 69.3 Å². The minimum absolute atomic E-state index is 0.201. The lowest BCUT2D eigenvalue weighted by atomic mass is 10.1. The second-order valence-corrected chi connectivity index (χ2v) is 9.76. The molecule has 9 nitrogen and oxygen atoms in total. The third-order valence-electron chi connectivity index (χ3n) is 5.72. The lowest BCUT2D eigenvalue weighted by Gasteiger charge is -2.23. The van der Waals surface area contributed by atoms with Crippen molar-refractivity contribution < 1.29 is 27.8 Å². The number of benzene rings is 2. The van der Waals surface area contributed by atoms with E-state index in [-0.39, 0.29) is 24.0 Å². The SMILES string of the molecule is CCCCN(CC)c1c([N+](=O)[O-])cc(C(F)(F)F)cc1[N+](=O)[O-].CCCN(CCC)C(=O)SCc1ccccc1. The van der Waals surface area contributed by atoms with Crippen molar-refractivity contribution in [2.45, 2.75) is 65.3 Å². The van der Waals surface area contributed by atoms with Gasteiger partial charge in [-0.3, -0.25) is 25.0 Å². The van der Waals surface area contributed by atoms with Gasteiger partial charge in [-0.2, -0.15) is 13.2 Å². The molecule has 1 amide bonds. The molecule has 0 atom stereocenters. The van der Waals surface area contributed by atoms with Crippen LogP contribution in [0.15, 0.2) is 42.5 Å². The summed E-state index contributed by atoms with van der Waals surface area (Å²) in [7, 11) is 0. The molecule has 0 aliphatic heterocycles. The van der Waals surface area contributed by atoms with Gasteiger partial charge in [0.05, 0.1) is 15.4 Å². The van der Waals surface area contributed by atoms with Gasteiger partial charge in [-0.25, -0.2) is 0 Å². The molecule has 0 saturated heterocycles. The van der Waals surface area contributed by atoms with Crippen LogP contribution in [0.25, 0.3) is 0 Å². The summed E-state index contributed by atoms with van der Waals surface area (Å²) in [5.41, 5.74) is -2.41. The average Bonchev–Trinajstić information content (AvgIpc) is 2.92. The fourth-order valence-corrected chi connectivity index (χ4v) is 4.64.